The largest absolute Gasteiger partial charge is 0.495 e. The fourth-order valence-electron chi connectivity index (χ4n) is 3.31. The highest BCUT2D eigenvalue weighted by Gasteiger charge is 2.21. The topological polar surface area (TPSA) is 66.4 Å². The van der Waals surface area contributed by atoms with Gasteiger partial charge in [-0.2, -0.15) is 10.1 Å². The van der Waals surface area contributed by atoms with Gasteiger partial charge in [-0.1, -0.05) is 29.8 Å². The second-order valence-electron chi connectivity index (χ2n) is 6.78. The number of methoxy groups -OCH3 is 1. The van der Waals surface area contributed by atoms with E-state index >= 15 is 0 Å². The van der Waals surface area contributed by atoms with Gasteiger partial charge in [0.15, 0.2) is 5.82 Å². The van der Waals surface area contributed by atoms with Gasteiger partial charge in [0.25, 0.3) is 0 Å². The van der Waals surface area contributed by atoms with Gasteiger partial charge >= 0.3 is 0 Å². The lowest BCUT2D eigenvalue weighted by Gasteiger charge is -2.36. The number of rotatable bonds is 5. The van der Waals surface area contributed by atoms with Crippen molar-refractivity contribution in [2.75, 3.05) is 48.4 Å². The zero-order valence-corrected chi connectivity index (χ0v) is 16.2. The number of anilines is 4. The molecule has 0 amide bonds. The molecule has 1 aromatic heterocycles. The maximum atomic E-state index is 5.49. The number of nitrogens with one attached hydrogen (secondary N) is 1. The molecule has 0 radical (unpaired) electrons. The number of hydrogen-bond acceptors (Lipinski definition) is 7. The SMILES string of the molecule is COc1ccccc1N1CCN(c2nncc(Nc3ccc(C)cc3)n2)CC1. The molecule has 144 valence electrons. The first kappa shape index (κ1) is 18.0. The van der Waals surface area contributed by atoms with Crippen molar-refractivity contribution < 1.29 is 4.74 Å². The second kappa shape index (κ2) is 8.12. The van der Waals surface area contributed by atoms with Crippen LogP contribution in [0.4, 0.5) is 23.1 Å². The number of nitrogens with zero attached hydrogens (tertiary/aromatic N) is 5. The Labute approximate surface area is 165 Å². The van der Waals surface area contributed by atoms with Gasteiger partial charge in [0.05, 0.1) is 19.0 Å². The highest BCUT2D eigenvalue weighted by molar-refractivity contribution is 5.60. The van der Waals surface area contributed by atoms with E-state index in [1.807, 2.05) is 30.3 Å². The Hall–Kier alpha value is -3.35. The minimum atomic E-state index is 0.650. The predicted molar refractivity (Wildman–Crippen MR) is 112 cm³/mol. The van der Waals surface area contributed by atoms with E-state index in [0.717, 1.165) is 43.3 Å². The maximum absolute atomic E-state index is 5.49. The number of benzene rings is 2. The summed E-state index contributed by atoms with van der Waals surface area (Å²) >= 11 is 0. The summed E-state index contributed by atoms with van der Waals surface area (Å²) in [5.74, 6) is 2.25. The molecule has 3 aromatic rings. The third-order valence-corrected chi connectivity index (χ3v) is 4.86. The van der Waals surface area contributed by atoms with Crippen molar-refractivity contribution >= 4 is 23.1 Å². The predicted octanol–water partition coefficient (Wildman–Crippen LogP) is 3.26. The van der Waals surface area contributed by atoms with Gasteiger partial charge in [-0.3, -0.25) is 0 Å². The van der Waals surface area contributed by atoms with E-state index in [0.29, 0.717) is 11.8 Å². The van der Waals surface area contributed by atoms with Gasteiger partial charge in [-0.05, 0) is 31.2 Å². The Kier molecular flexibility index (Phi) is 5.23. The van der Waals surface area contributed by atoms with E-state index in [9.17, 15) is 0 Å². The van der Waals surface area contributed by atoms with Crippen molar-refractivity contribution in [2.45, 2.75) is 6.92 Å². The van der Waals surface area contributed by atoms with Crippen molar-refractivity contribution in [2.24, 2.45) is 0 Å². The summed E-state index contributed by atoms with van der Waals surface area (Å²) < 4.78 is 5.49. The minimum absolute atomic E-state index is 0.650. The van der Waals surface area contributed by atoms with Crippen LogP contribution in [0.3, 0.4) is 0 Å². The molecule has 7 heteroatoms. The van der Waals surface area contributed by atoms with Gasteiger partial charge in [-0.15, -0.1) is 5.10 Å². The number of aryl methyl sites for hydroxylation is 1. The summed E-state index contributed by atoms with van der Waals surface area (Å²) in [7, 11) is 1.71. The van der Waals surface area contributed by atoms with Crippen LogP contribution >= 0.6 is 0 Å². The molecule has 1 aliphatic heterocycles. The van der Waals surface area contributed by atoms with Gasteiger partial charge in [0.2, 0.25) is 5.95 Å². The van der Waals surface area contributed by atoms with E-state index in [-0.39, 0.29) is 0 Å². The second-order valence-corrected chi connectivity index (χ2v) is 6.78. The Morgan fingerprint density at radius 3 is 2.39 bits per heavy atom. The molecule has 0 unspecified atom stereocenters. The Morgan fingerprint density at radius 1 is 0.929 bits per heavy atom. The number of para-hydroxylation sites is 2. The Balaban J connectivity index is 1.42. The van der Waals surface area contributed by atoms with Gasteiger partial charge in [0.1, 0.15) is 5.75 Å². The number of hydrogen-bond donors (Lipinski definition) is 1. The normalized spacial score (nSPS) is 14.1. The molecular weight excluding hydrogens is 352 g/mol. The Morgan fingerprint density at radius 2 is 1.64 bits per heavy atom. The molecule has 7 nitrogen and oxygen atoms in total. The number of ether oxygens (including phenoxy) is 1. The molecule has 1 aliphatic rings. The van der Waals surface area contributed by atoms with Crippen LogP contribution in [0.2, 0.25) is 0 Å². The van der Waals surface area contributed by atoms with E-state index in [2.05, 4.69) is 55.4 Å². The number of aromatic nitrogens is 3. The summed E-state index contributed by atoms with van der Waals surface area (Å²) in [6, 6.07) is 16.3. The molecule has 1 fully saturated rings. The van der Waals surface area contributed by atoms with Crippen LogP contribution in [0, 0.1) is 6.92 Å². The minimum Gasteiger partial charge on any atom is -0.495 e. The van der Waals surface area contributed by atoms with Crippen molar-refractivity contribution in [3.63, 3.8) is 0 Å². The molecule has 0 spiro atoms. The van der Waals surface area contributed by atoms with Crippen LogP contribution in [0.15, 0.2) is 54.7 Å². The van der Waals surface area contributed by atoms with Crippen LogP contribution in [-0.4, -0.2) is 48.5 Å². The highest BCUT2D eigenvalue weighted by Crippen LogP contribution is 2.28. The zero-order valence-electron chi connectivity index (χ0n) is 16.2. The first-order valence-corrected chi connectivity index (χ1v) is 9.39. The third-order valence-electron chi connectivity index (χ3n) is 4.86. The first-order chi connectivity index (χ1) is 13.7. The van der Waals surface area contributed by atoms with Crippen molar-refractivity contribution in [3.05, 3.63) is 60.3 Å². The molecule has 0 atom stereocenters. The summed E-state index contributed by atoms with van der Waals surface area (Å²) in [5.41, 5.74) is 3.33. The summed E-state index contributed by atoms with van der Waals surface area (Å²) in [4.78, 5) is 9.14. The molecule has 1 N–H and O–H groups in total. The number of piperazine rings is 1. The smallest absolute Gasteiger partial charge is 0.247 e. The van der Waals surface area contributed by atoms with Crippen LogP contribution < -0.4 is 19.9 Å². The molecule has 2 heterocycles. The maximum Gasteiger partial charge on any atom is 0.247 e. The lowest BCUT2D eigenvalue weighted by atomic mass is 10.2. The average Bonchev–Trinajstić information content (AvgIpc) is 2.76. The fraction of sp³-hybridized carbons (Fsp3) is 0.286. The molecule has 0 bridgehead atoms. The molecular formula is C21H24N6O. The molecule has 28 heavy (non-hydrogen) atoms. The van der Waals surface area contributed by atoms with E-state index < -0.39 is 0 Å². The van der Waals surface area contributed by atoms with Crippen LogP contribution in [0.25, 0.3) is 0 Å². The van der Waals surface area contributed by atoms with Crippen molar-refractivity contribution in [1.29, 1.82) is 0 Å². The van der Waals surface area contributed by atoms with Crippen molar-refractivity contribution in [3.8, 4) is 5.75 Å². The van der Waals surface area contributed by atoms with Gasteiger partial charge in [0, 0.05) is 31.9 Å². The third kappa shape index (κ3) is 3.98. The summed E-state index contributed by atoms with van der Waals surface area (Å²) in [6.45, 7) is 5.47. The van der Waals surface area contributed by atoms with E-state index in [4.69, 9.17) is 4.74 Å². The van der Waals surface area contributed by atoms with Gasteiger partial charge in [-0.25, -0.2) is 0 Å². The Bertz CT molecular complexity index is 922. The molecule has 2 aromatic carbocycles. The monoisotopic (exact) mass is 376 g/mol. The summed E-state index contributed by atoms with van der Waals surface area (Å²) in [5, 5.41) is 11.7. The molecule has 0 aliphatic carbocycles. The van der Waals surface area contributed by atoms with Crippen LogP contribution in [0.1, 0.15) is 5.56 Å². The zero-order chi connectivity index (χ0) is 19.3. The fourth-order valence-corrected chi connectivity index (χ4v) is 3.31. The quantitative estimate of drug-likeness (QED) is 0.733. The molecule has 4 rings (SSSR count). The van der Waals surface area contributed by atoms with Crippen molar-refractivity contribution in [1.82, 2.24) is 15.2 Å². The van der Waals surface area contributed by atoms with E-state index in [1.165, 1.54) is 5.56 Å². The average molecular weight is 376 g/mol. The van der Waals surface area contributed by atoms with Crippen LogP contribution in [0.5, 0.6) is 5.75 Å². The highest BCUT2D eigenvalue weighted by atomic mass is 16.5. The first-order valence-electron chi connectivity index (χ1n) is 9.39. The molecule has 0 saturated carbocycles. The van der Waals surface area contributed by atoms with E-state index in [1.54, 1.807) is 13.3 Å². The standard InChI is InChI=1S/C21H24N6O/c1-16-7-9-17(10-8-16)23-20-15-22-25-21(24-20)27-13-11-26(12-14-27)18-5-3-4-6-19(18)28-2/h3-10,15H,11-14H2,1-2H3,(H,23,24,25). The summed E-state index contributed by atoms with van der Waals surface area (Å²) in [6.07, 6.45) is 1.65. The lowest BCUT2D eigenvalue weighted by molar-refractivity contribution is 0.413. The lowest BCUT2D eigenvalue weighted by Crippen LogP contribution is -2.47. The molecule has 1 saturated heterocycles. The van der Waals surface area contributed by atoms with Crippen LogP contribution in [-0.2, 0) is 0 Å². The van der Waals surface area contributed by atoms with Gasteiger partial charge < -0.3 is 19.9 Å².